The summed E-state index contributed by atoms with van der Waals surface area (Å²) in [6.45, 7) is 4.31. The quantitative estimate of drug-likeness (QED) is 0.705. The lowest BCUT2D eigenvalue weighted by atomic mass is 9.93. The van der Waals surface area contributed by atoms with E-state index < -0.39 is 0 Å². The molecular formula is C10H21NO. The molecule has 12 heavy (non-hydrogen) atoms. The van der Waals surface area contributed by atoms with Gasteiger partial charge in [0.25, 0.3) is 0 Å². The first-order chi connectivity index (χ1) is 5.72. The number of nitrogens with two attached hydrogens (primary N) is 1. The second-order valence-electron chi connectivity index (χ2n) is 3.89. The van der Waals surface area contributed by atoms with Crippen LogP contribution >= 0.6 is 0 Å². The van der Waals surface area contributed by atoms with E-state index in [0.29, 0.717) is 18.2 Å². The SMILES string of the molecule is CC[C@H](C)OC1CCC(N)CC1. The molecule has 0 saturated heterocycles. The van der Waals surface area contributed by atoms with E-state index in [2.05, 4.69) is 13.8 Å². The molecule has 1 atom stereocenters. The van der Waals surface area contributed by atoms with Crippen molar-refractivity contribution >= 4 is 0 Å². The van der Waals surface area contributed by atoms with Crippen molar-refractivity contribution in [2.75, 3.05) is 0 Å². The van der Waals surface area contributed by atoms with E-state index in [9.17, 15) is 0 Å². The summed E-state index contributed by atoms with van der Waals surface area (Å²) in [4.78, 5) is 0. The molecule has 0 amide bonds. The molecule has 0 unspecified atom stereocenters. The van der Waals surface area contributed by atoms with Crippen LogP contribution < -0.4 is 5.73 Å². The molecule has 0 aromatic carbocycles. The highest BCUT2D eigenvalue weighted by Crippen LogP contribution is 2.21. The summed E-state index contributed by atoms with van der Waals surface area (Å²) < 4.78 is 5.83. The van der Waals surface area contributed by atoms with Gasteiger partial charge in [0.05, 0.1) is 12.2 Å². The molecule has 0 aromatic heterocycles. The van der Waals surface area contributed by atoms with Crippen molar-refractivity contribution in [3.8, 4) is 0 Å². The van der Waals surface area contributed by atoms with E-state index in [0.717, 1.165) is 32.1 Å². The van der Waals surface area contributed by atoms with Crippen molar-refractivity contribution < 1.29 is 4.74 Å². The third-order valence-electron chi connectivity index (χ3n) is 2.72. The van der Waals surface area contributed by atoms with Crippen molar-refractivity contribution in [1.82, 2.24) is 0 Å². The van der Waals surface area contributed by atoms with Crippen LogP contribution in [0.25, 0.3) is 0 Å². The van der Waals surface area contributed by atoms with Crippen molar-refractivity contribution in [3.63, 3.8) is 0 Å². The van der Waals surface area contributed by atoms with Crippen LogP contribution in [0.1, 0.15) is 46.0 Å². The molecule has 0 heterocycles. The average Bonchev–Trinajstić information content (AvgIpc) is 2.09. The minimum absolute atomic E-state index is 0.421. The Morgan fingerprint density at radius 1 is 1.33 bits per heavy atom. The Kier molecular flexibility index (Phi) is 4.02. The summed E-state index contributed by atoms with van der Waals surface area (Å²) in [6, 6.07) is 0.432. The molecule has 1 aliphatic rings. The zero-order chi connectivity index (χ0) is 8.97. The molecule has 2 nitrogen and oxygen atoms in total. The summed E-state index contributed by atoms with van der Waals surface area (Å²) in [6.07, 6.45) is 6.62. The van der Waals surface area contributed by atoms with Gasteiger partial charge in [-0.15, -0.1) is 0 Å². The van der Waals surface area contributed by atoms with Gasteiger partial charge in [0.2, 0.25) is 0 Å². The molecule has 2 N–H and O–H groups in total. The Bertz CT molecular complexity index is 119. The van der Waals surface area contributed by atoms with E-state index in [-0.39, 0.29) is 0 Å². The Balaban J connectivity index is 2.17. The lowest BCUT2D eigenvalue weighted by molar-refractivity contribution is -0.0242. The fourth-order valence-electron chi connectivity index (χ4n) is 1.65. The van der Waals surface area contributed by atoms with Gasteiger partial charge in [-0.25, -0.2) is 0 Å². The number of ether oxygens (including phenoxy) is 1. The van der Waals surface area contributed by atoms with E-state index in [1.165, 1.54) is 0 Å². The molecular weight excluding hydrogens is 150 g/mol. The van der Waals surface area contributed by atoms with Gasteiger partial charge in [0, 0.05) is 6.04 Å². The smallest absolute Gasteiger partial charge is 0.0580 e. The molecule has 0 aromatic rings. The molecule has 1 fully saturated rings. The van der Waals surface area contributed by atoms with Crippen LogP contribution in [0.5, 0.6) is 0 Å². The second kappa shape index (κ2) is 4.83. The Morgan fingerprint density at radius 2 is 1.92 bits per heavy atom. The van der Waals surface area contributed by atoms with Crippen LogP contribution in [0.15, 0.2) is 0 Å². The van der Waals surface area contributed by atoms with Gasteiger partial charge in [0.1, 0.15) is 0 Å². The number of hydrogen-bond donors (Lipinski definition) is 1. The summed E-state index contributed by atoms with van der Waals surface area (Å²) >= 11 is 0. The summed E-state index contributed by atoms with van der Waals surface area (Å²) in [7, 11) is 0. The van der Waals surface area contributed by atoms with Crippen molar-refractivity contribution in [2.45, 2.75) is 64.2 Å². The van der Waals surface area contributed by atoms with Crippen LogP contribution in [0.4, 0.5) is 0 Å². The van der Waals surface area contributed by atoms with Crippen LogP contribution in [-0.2, 0) is 4.74 Å². The summed E-state index contributed by atoms with van der Waals surface area (Å²) in [5.74, 6) is 0. The van der Waals surface area contributed by atoms with Crippen molar-refractivity contribution in [2.24, 2.45) is 5.73 Å². The predicted molar refractivity (Wildman–Crippen MR) is 51.1 cm³/mol. The molecule has 0 radical (unpaired) electrons. The third kappa shape index (κ3) is 3.11. The number of rotatable bonds is 3. The van der Waals surface area contributed by atoms with E-state index >= 15 is 0 Å². The van der Waals surface area contributed by atoms with Gasteiger partial charge in [-0.3, -0.25) is 0 Å². The molecule has 0 spiro atoms. The van der Waals surface area contributed by atoms with Gasteiger partial charge < -0.3 is 10.5 Å². The minimum Gasteiger partial charge on any atom is -0.375 e. The van der Waals surface area contributed by atoms with Crippen LogP contribution in [0.3, 0.4) is 0 Å². The normalized spacial score (nSPS) is 33.2. The lowest BCUT2D eigenvalue weighted by Crippen LogP contribution is -2.31. The highest BCUT2D eigenvalue weighted by Gasteiger charge is 2.19. The largest absolute Gasteiger partial charge is 0.375 e. The first kappa shape index (κ1) is 10.0. The minimum atomic E-state index is 0.421. The first-order valence-corrected chi connectivity index (χ1v) is 5.13. The van der Waals surface area contributed by atoms with Gasteiger partial charge >= 0.3 is 0 Å². The monoisotopic (exact) mass is 171 g/mol. The van der Waals surface area contributed by atoms with Gasteiger partial charge in [-0.2, -0.15) is 0 Å². The topological polar surface area (TPSA) is 35.2 Å². The maximum atomic E-state index is 5.83. The molecule has 1 aliphatic carbocycles. The zero-order valence-corrected chi connectivity index (χ0v) is 8.25. The van der Waals surface area contributed by atoms with Crippen LogP contribution in [0, 0.1) is 0 Å². The molecule has 0 aliphatic heterocycles. The van der Waals surface area contributed by atoms with E-state index in [1.807, 2.05) is 0 Å². The van der Waals surface area contributed by atoms with Crippen molar-refractivity contribution in [3.05, 3.63) is 0 Å². The van der Waals surface area contributed by atoms with E-state index in [1.54, 1.807) is 0 Å². The van der Waals surface area contributed by atoms with Gasteiger partial charge in [-0.05, 0) is 39.0 Å². The van der Waals surface area contributed by atoms with Crippen LogP contribution in [-0.4, -0.2) is 18.2 Å². The van der Waals surface area contributed by atoms with Crippen LogP contribution in [0.2, 0.25) is 0 Å². The third-order valence-corrected chi connectivity index (χ3v) is 2.72. The predicted octanol–water partition coefficient (Wildman–Crippen LogP) is 2.07. The average molecular weight is 171 g/mol. The first-order valence-electron chi connectivity index (χ1n) is 5.13. The molecule has 72 valence electrons. The van der Waals surface area contributed by atoms with Gasteiger partial charge in [-0.1, -0.05) is 6.92 Å². The Labute approximate surface area is 75.5 Å². The van der Waals surface area contributed by atoms with E-state index in [4.69, 9.17) is 10.5 Å². The number of hydrogen-bond acceptors (Lipinski definition) is 2. The summed E-state index contributed by atoms with van der Waals surface area (Å²) in [5, 5.41) is 0. The Hall–Kier alpha value is -0.0800. The molecule has 2 heteroatoms. The lowest BCUT2D eigenvalue weighted by Gasteiger charge is -2.28. The maximum Gasteiger partial charge on any atom is 0.0580 e. The summed E-state index contributed by atoms with van der Waals surface area (Å²) in [5.41, 5.74) is 5.80. The molecule has 1 saturated carbocycles. The standard InChI is InChI=1S/C10H21NO/c1-3-8(2)12-10-6-4-9(11)5-7-10/h8-10H,3-7,11H2,1-2H3/t8-,9?,10?/m0/s1. The fourth-order valence-corrected chi connectivity index (χ4v) is 1.65. The highest BCUT2D eigenvalue weighted by atomic mass is 16.5. The second-order valence-corrected chi connectivity index (χ2v) is 3.89. The van der Waals surface area contributed by atoms with Gasteiger partial charge in [0.15, 0.2) is 0 Å². The molecule has 0 bridgehead atoms. The molecule has 1 rings (SSSR count). The maximum absolute atomic E-state index is 5.83. The Morgan fingerprint density at radius 3 is 2.42 bits per heavy atom. The zero-order valence-electron chi connectivity index (χ0n) is 8.25. The highest BCUT2D eigenvalue weighted by molar-refractivity contribution is 4.75. The van der Waals surface area contributed by atoms with Crippen molar-refractivity contribution in [1.29, 1.82) is 0 Å². The fraction of sp³-hybridized carbons (Fsp3) is 1.00.